The quantitative estimate of drug-likeness (QED) is 0.677. The van der Waals surface area contributed by atoms with Crippen LogP contribution in [-0.4, -0.2) is 31.6 Å². The van der Waals surface area contributed by atoms with E-state index in [0.717, 1.165) is 31.3 Å². The van der Waals surface area contributed by atoms with Gasteiger partial charge in [-0.3, -0.25) is 0 Å². The van der Waals surface area contributed by atoms with E-state index in [-0.39, 0.29) is 11.0 Å². The number of fused-ring (bicyclic) bond motifs is 1. The summed E-state index contributed by atoms with van der Waals surface area (Å²) in [5.74, 6) is 0.388. The number of halogens is 2. The minimum Gasteiger partial charge on any atom is -0.489 e. The Morgan fingerprint density at radius 1 is 1.04 bits per heavy atom. The standard InChI is InChI=1S/C19H18Cl2N2O3S/c20-14-2-1-13-7-10-23(18(13)11-14)27(24,25)16-3-4-17(21)19(12-16)26-15-5-8-22-9-6-15/h1-4,7,10-12,15,22H,5-6,8-9H2. The van der Waals surface area contributed by atoms with Crippen LogP contribution in [0.4, 0.5) is 0 Å². The summed E-state index contributed by atoms with van der Waals surface area (Å²) in [5, 5.41) is 4.93. The van der Waals surface area contributed by atoms with Crippen molar-refractivity contribution < 1.29 is 13.2 Å². The Bertz CT molecular complexity index is 1090. The topological polar surface area (TPSA) is 60.3 Å². The van der Waals surface area contributed by atoms with Gasteiger partial charge in [-0.25, -0.2) is 12.4 Å². The molecule has 3 aromatic rings. The van der Waals surface area contributed by atoms with Crippen molar-refractivity contribution >= 4 is 44.1 Å². The maximum absolute atomic E-state index is 13.2. The number of nitrogens with one attached hydrogen (secondary N) is 1. The molecule has 0 spiro atoms. The van der Waals surface area contributed by atoms with Crippen molar-refractivity contribution in [1.29, 1.82) is 0 Å². The van der Waals surface area contributed by atoms with E-state index < -0.39 is 10.0 Å². The molecule has 0 atom stereocenters. The minimum atomic E-state index is -3.81. The minimum absolute atomic E-state index is 0.0212. The molecule has 27 heavy (non-hydrogen) atoms. The van der Waals surface area contributed by atoms with Crippen LogP contribution in [0, 0.1) is 0 Å². The lowest BCUT2D eigenvalue weighted by Crippen LogP contribution is -2.34. The van der Waals surface area contributed by atoms with Crippen LogP contribution in [0.5, 0.6) is 5.75 Å². The second-order valence-corrected chi connectivity index (χ2v) is 9.14. The average Bonchev–Trinajstić information content (AvgIpc) is 3.08. The Morgan fingerprint density at radius 3 is 2.59 bits per heavy atom. The van der Waals surface area contributed by atoms with Gasteiger partial charge in [0.1, 0.15) is 11.9 Å². The predicted octanol–water partition coefficient (Wildman–Crippen LogP) is 4.32. The van der Waals surface area contributed by atoms with Gasteiger partial charge >= 0.3 is 0 Å². The lowest BCUT2D eigenvalue weighted by atomic mass is 10.1. The number of hydrogen-bond acceptors (Lipinski definition) is 4. The van der Waals surface area contributed by atoms with Crippen molar-refractivity contribution in [3.05, 3.63) is 58.7 Å². The number of benzene rings is 2. The molecule has 0 amide bonds. The van der Waals surface area contributed by atoms with E-state index in [9.17, 15) is 8.42 Å². The van der Waals surface area contributed by atoms with Gasteiger partial charge in [0.15, 0.2) is 0 Å². The number of piperidine rings is 1. The molecule has 1 N–H and O–H groups in total. The zero-order valence-electron chi connectivity index (χ0n) is 14.4. The maximum atomic E-state index is 13.2. The van der Waals surface area contributed by atoms with Gasteiger partial charge in [0.25, 0.3) is 10.0 Å². The number of aromatic nitrogens is 1. The van der Waals surface area contributed by atoms with Crippen LogP contribution in [0.25, 0.3) is 10.9 Å². The molecular weight excluding hydrogens is 407 g/mol. The summed E-state index contributed by atoms with van der Waals surface area (Å²) < 4.78 is 33.6. The van der Waals surface area contributed by atoms with Crippen LogP contribution in [0.1, 0.15) is 12.8 Å². The first kappa shape index (κ1) is 18.6. The van der Waals surface area contributed by atoms with Crippen LogP contribution in [-0.2, 0) is 10.0 Å². The van der Waals surface area contributed by atoms with Crippen molar-refractivity contribution in [2.45, 2.75) is 23.8 Å². The maximum Gasteiger partial charge on any atom is 0.268 e. The van der Waals surface area contributed by atoms with Crippen LogP contribution >= 0.6 is 23.2 Å². The Balaban J connectivity index is 1.73. The van der Waals surface area contributed by atoms with Gasteiger partial charge in [-0.2, -0.15) is 0 Å². The van der Waals surface area contributed by atoms with Crippen molar-refractivity contribution in [2.24, 2.45) is 0 Å². The molecule has 5 nitrogen and oxygen atoms in total. The fourth-order valence-corrected chi connectivity index (χ4v) is 4.92. The van der Waals surface area contributed by atoms with Gasteiger partial charge in [-0.1, -0.05) is 29.3 Å². The molecule has 8 heteroatoms. The summed E-state index contributed by atoms with van der Waals surface area (Å²) in [4.78, 5) is 0.119. The zero-order valence-corrected chi connectivity index (χ0v) is 16.7. The van der Waals surface area contributed by atoms with Gasteiger partial charge in [-0.05, 0) is 56.3 Å². The first-order valence-electron chi connectivity index (χ1n) is 8.64. The highest BCUT2D eigenvalue weighted by Crippen LogP contribution is 2.32. The Kier molecular flexibility index (Phi) is 5.07. The molecule has 0 bridgehead atoms. The lowest BCUT2D eigenvalue weighted by molar-refractivity contribution is 0.162. The average molecular weight is 425 g/mol. The molecule has 2 aromatic carbocycles. The Morgan fingerprint density at radius 2 is 1.81 bits per heavy atom. The number of hydrogen-bond donors (Lipinski definition) is 1. The van der Waals surface area contributed by atoms with Crippen molar-refractivity contribution in [2.75, 3.05) is 13.1 Å². The van der Waals surface area contributed by atoms with E-state index in [1.807, 2.05) is 0 Å². The summed E-state index contributed by atoms with van der Waals surface area (Å²) in [5.41, 5.74) is 0.526. The Labute approximate surface area is 167 Å². The van der Waals surface area contributed by atoms with Crippen molar-refractivity contribution in [1.82, 2.24) is 9.29 Å². The second-order valence-electron chi connectivity index (χ2n) is 6.48. The normalized spacial score (nSPS) is 15.9. The van der Waals surface area contributed by atoms with Crippen LogP contribution in [0.3, 0.4) is 0 Å². The SMILES string of the molecule is O=S(=O)(c1ccc(Cl)c(OC2CCNCC2)c1)n1ccc2ccc(Cl)cc21. The zero-order chi connectivity index (χ0) is 19.0. The van der Waals surface area contributed by atoms with Crippen molar-refractivity contribution in [3.8, 4) is 5.75 Å². The van der Waals surface area contributed by atoms with Crippen LogP contribution < -0.4 is 10.1 Å². The highest BCUT2D eigenvalue weighted by atomic mass is 35.5. The fraction of sp³-hybridized carbons (Fsp3) is 0.263. The summed E-state index contributed by atoms with van der Waals surface area (Å²) in [6.07, 6.45) is 3.26. The third kappa shape index (κ3) is 3.67. The highest BCUT2D eigenvalue weighted by Gasteiger charge is 2.22. The first-order valence-corrected chi connectivity index (χ1v) is 10.8. The number of nitrogens with zero attached hydrogens (tertiary/aromatic N) is 1. The predicted molar refractivity (Wildman–Crippen MR) is 108 cm³/mol. The third-order valence-electron chi connectivity index (χ3n) is 4.66. The van der Waals surface area contributed by atoms with Gasteiger partial charge in [0, 0.05) is 22.7 Å². The molecule has 1 fully saturated rings. The third-order valence-corrected chi connectivity index (χ3v) is 6.89. The Hall–Kier alpha value is -1.73. The molecule has 4 rings (SSSR count). The van der Waals surface area contributed by atoms with E-state index in [4.69, 9.17) is 27.9 Å². The molecule has 1 aliphatic heterocycles. The lowest BCUT2D eigenvalue weighted by Gasteiger charge is -2.24. The summed E-state index contributed by atoms with van der Waals surface area (Å²) in [6.45, 7) is 1.74. The van der Waals surface area contributed by atoms with E-state index >= 15 is 0 Å². The molecule has 0 aliphatic carbocycles. The highest BCUT2D eigenvalue weighted by molar-refractivity contribution is 7.90. The summed E-state index contributed by atoms with van der Waals surface area (Å²) in [6, 6.07) is 11.4. The van der Waals surface area contributed by atoms with Gasteiger partial charge < -0.3 is 10.1 Å². The molecule has 1 saturated heterocycles. The van der Waals surface area contributed by atoms with Gasteiger partial charge in [0.05, 0.1) is 15.4 Å². The van der Waals surface area contributed by atoms with E-state index in [0.29, 0.717) is 21.3 Å². The molecule has 1 aromatic heterocycles. The van der Waals surface area contributed by atoms with Crippen LogP contribution in [0.2, 0.25) is 10.0 Å². The molecule has 2 heterocycles. The van der Waals surface area contributed by atoms with Crippen LogP contribution in [0.15, 0.2) is 53.6 Å². The number of rotatable bonds is 4. The van der Waals surface area contributed by atoms with Crippen molar-refractivity contribution in [3.63, 3.8) is 0 Å². The molecule has 1 aliphatic rings. The van der Waals surface area contributed by atoms with Gasteiger partial charge in [-0.15, -0.1) is 0 Å². The molecule has 0 radical (unpaired) electrons. The summed E-state index contributed by atoms with van der Waals surface area (Å²) >= 11 is 12.3. The number of ether oxygens (including phenoxy) is 1. The molecule has 142 valence electrons. The molecule has 0 saturated carbocycles. The van der Waals surface area contributed by atoms with Gasteiger partial charge in [0.2, 0.25) is 0 Å². The summed E-state index contributed by atoms with van der Waals surface area (Å²) in [7, 11) is -3.81. The fourth-order valence-electron chi connectivity index (χ4n) is 3.23. The largest absolute Gasteiger partial charge is 0.489 e. The second kappa shape index (κ2) is 7.36. The molecular formula is C19H18Cl2N2O3S. The monoisotopic (exact) mass is 424 g/mol. The smallest absolute Gasteiger partial charge is 0.268 e. The van der Waals surface area contributed by atoms with E-state index in [1.165, 1.54) is 22.3 Å². The molecule has 0 unspecified atom stereocenters. The van der Waals surface area contributed by atoms with E-state index in [1.54, 1.807) is 30.3 Å². The van der Waals surface area contributed by atoms with E-state index in [2.05, 4.69) is 5.32 Å². The first-order chi connectivity index (χ1) is 12.9.